The van der Waals surface area contributed by atoms with Crippen molar-refractivity contribution in [2.24, 2.45) is 0 Å². The van der Waals surface area contributed by atoms with Gasteiger partial charge in [0.15, 0.2) is 0 Å². The molecule has 0 unspecified atom stereocenters. The average molecular weight is 976 g/mol. The van der Waals surface area contributed by atoms with Crippen LogP contribution in [0.4, 0.5) is 23.8 Å². The summed E-state index contributed by atoms with van der Waals surface area (Å²) in [7, 11) is 1.49. The van der Waals surface area contributed by atoms with Gasteiger partial charge in [0.1, 0.15) is 11.8 Å². The third-order valence-corrected chi connectivity index (χ3v) is 12.4. The predicted molar refractivity (Wildman–Crippen MR) is 205 cm³/mol. The van der Waals surface area contributed by atoms with Crippen molar-refractivity contribution in [3.63, 3.8) is 0 Å². The SMILES string of the molecule is COCOc1cc(-c2nc3c4c(nc(OC[C@@]56CCCN5C[C@H](F)C6)nc4c2F)N2C[C@H]4CC[C@@H]([C@H]2CO3)N4C(=O)OC(C)(C)C)c2c(C#[C][Tl])c(F)ccc2c1. The fourth-order valence-electron chi connectivity index (χ4n) is 9.56. The first-order chi connectivity index (χ1) is 27.4. The van der Waals surface area contributed by atoms with E-state index >= 15 is 8.78 Å². The first-order valence-electron chi connectivity index (χ1n) is 19.3. The first-order valence-corrected chi connectivity index (χ1v) is 21.6. The number of carbonyl (C=O) groups is 1. The van der Waals surface area contributed by atoms with E-state index in [2.05, 4.69) is 19.2 Å². The summed E-state index contributed by atoms with van der Waals surface area (Å²) < 4.78 is 80.7. The van der Waals surface area contributed by atoms with Gasteiger partial charge in [0.25, 0.3) is 0 Å². The van der Waals surface area contributed by atoms with Crippen molar-refractivity contribution in [1.29, 1.82) is 0 Å². The number of anilines is 1. The molecule has 9 rings (SSSR count). The van der Waals surface area contributed by atoms with E-state index in [4.69, 9.17) is 38.6 Å². The summed E-state index contributed by atoms with van der Waals surface area (Å²) in [5, 5.41) is 1.17. The second-order valence-electron chi connectivity index (χ2n) is 16.5. The molecule has 0 spiro atoms. The molecule has 2 aromatic carbocycles. The Bertz CT molecular complexity index is 2350. The molecule has 7 heterocycles. The van der Waals surface area contributed by atoms with Crippen molar-refractivity contribution < 1.29 is 41.7 Å². The molecule has 16 heteroatoms. The zero-order chi connectivity index (χ0) is 39.8. The molecule has 12 nitrogen and oxygen atoms in total. The quantitative estimate of drug-likeness (QED) is 0.126. The van der Waals surface area contributed by atoms with Crippen LogP contribution in [0.15, 0.2) is 24.3 Å². The number of carbonyl (C=O) groups excluding carboxylic acids is 1. The van der Waals surface area contributed by atoms with Crippen LogP contribution in [0.1, 0.15) is 58.4 Å². The Morgan fingerprint density at radius 2 is 1.93 bits per heavy atom. The molecule has 4 aromatic rings. The molecule has 4 fully saturated rings. The van der Waals surface area contributed by atoms with Crippen molar-refractivity contribution in [2.45, 2.75) is 88.3 Å². The fourth-order valence-corrected chi connectivity index (χ4v) is 10.1. The summed E-state index contributed by atoms with van der Waals surface area (Å²) in [5.74, 6) is 2.38. The van der Waals surface area contributed by atoms with Gasteiger partial charge in [0, 0.05) is 13.0 Å². The zero-order valence-corrected chi connectivity index (χ0v) is 36.7. The summed E-state index contributed by atoms with van der Waals surface area (Å²) in [6, 6.07) is 5.26. The van der Waals surface area contributed by atoms with E-state index in [1.807, 2.05) is 25.7 Å². The Morgan fingerprint density at radius 3 is 2.72 bits per heavy atom. The van der Waals surface area contributed by atoms with Crippen LogP contribution >= 0.6 is 0 Å². The molecule has 0 saturated carbocycles. The standard InChI is InChI=1S/C41H42F3N6O6.Tl/c1-6-26-28(43)10-8-22-14-25(55-21-52-5)15-27(31(22)26)34-33(44)35-32-36(47-38(46-35)54-20-41-12-7-13-48(41)17-23(42)16-41)49-18-24-9-11-29(30(49)19-53-37(32)45-34)50(24)39(51)56-40(2,3)4;/h8,10,14-15,23-24,29-30H,7,9,11-13,16-21H2,2-5H3;/t23-,24-,29+,30-,41+;/m1./s1. The van der Waals surface area contributed by atoms with Crippen LogP contribution in [-0.2, 0) is 9.47 Å². The monoisotopic (exact) mass is 976 g/mol. The molecule has 57 heavy (non-hydrogen) atoms. The minimum absolute atomic E-state index is 0.0674. The zero-order valence-electron chi connectivity index (χ0n) is 32.2. The fraction of sp³-hybridized carbons (Fsp3) is 0.512. The van der Waals surface area contributed by atoms with Crippen LogP contribution < -0.4 is 19.1 Å². The number of pyridine rings is 1. The summed E-state index contributed by atoms with van der Waals surface area (Å²) in [4.78, 5) is 34.1. The van der Waals surface area contributed by atoms with Crippen LogP contribution in [0.5, 0.6) is 17.6 Å². The third kappa shape index (κ3) is 6.68. The molecular weight excluding hydrogens is 934 g/mol. The van der Waals surface area contributed by atoms with Crippen LogP contribution in [0.3, 0.4) is 0 Å². The minimum atomic E-state index is -0.965. The molecule has 5 aliphatic rings. The molecular formula is C41H42F3N6O6Tl. The molecule has 0 aliphatic carbocycles. The van der Waals surface area contributed by atoms with Gasteiger partial charge in [-0.1, -0.05) is 0 Å². The Labute approximate surface area is 344 Å². The molecule has 2 aromatic heterocycles. The van der Waals surface area contributed by atoms with Crippen molar-refractivity contribution in [1.82, 2.24) is 24.8 Å². The number of ether oxygens (including phenoxy) is 5. The molecule has 0 radical (unpaired) electrons. The van der Waals surface area contributed by atoms with Gasteiger partial charge in [-0.25, -0.2) is 9.18 Å². The van der Waals surface area contributed by atoms with Gasteiger partial charge in [0.05, 0.1) is 11.6 Å². The van der Waals surface area contributed by atoms with Gasteiger partial charge in [-0.2, -0.15) is 0 Å². The van der Waals surface area contributed by atoms with Gasteiger partial charge >= 0.3 is 232 Å². The summed E-state index contributed by atoms with van der Waals surface area (Å²) in [6.45, 7) is 7.17. The number of methoxy groups -OCH3 is 1. The number of hydrogen-bond donors (Lipinski definition) is 0. The number of aromatic nitrogens is 3. The molecule has 4 saturated heterocycles. The maximum absolute atomic E-state index is 17.6. The van der Waals surface area contributed by atoms with Crippen LogP contribution in [0.25, 0.3) is 32.9 Å². The molecule has 2 bridgehead atoms. The van der Waals surface area contributed by atoms with E-state index in [0.29, 0.717) is 48.3 Å². The van der Waals surface area contributed by atoms with Crippen LogP contribution in [0.2, 0.25) is 0 Å². The van der Waals surface area contributed by atoms with Crippen molar-refractivity contribution in [3.05, 3.63) is 41.5 Å². The van der Waals surface area contributed by atoms with E-state index in [0.717, 1.165) is 25.8 Å². The summed E-state index contributed by atoms with van der Waals surface area (Å²) in [6.07, 6.45) is 2.11. The molecule has 5 atom stereocenters. The van der Waals surface area contributed by atoms with Crippen molar-refractivity contribution in [3.8, 4) is 38.3 Å². The topological polar surface area (TPSA) is 112 Å². The second kappa shape index (κ2) is 14.6. The number of hydrogen-bond acceptors (Lipinski definition) is 11. The predicted octanol–water partition coefficient (Wildman–Crippen LogP) is 5.89. The van der Waals surface area contributed by atoms with E-state index in [9.17, 15) is 9.18 Å². The van der Waals surface area contributed by atoms with Crippen LogP contribution in [-0.4, -0.2) is 139 Å². The molecule has 1 amide bonds. The number of piperazine rings is 1. The number of alkyl halides is 1. The van der Waals surface area contributed by atoms with Crippen LogP contribution in [0, 0.1) is 21.0 Å². The Kier molecular flexibility index (Phi) is 9.83. The number of fused-ring (bicyclic) bond motifs is 7. The number of amides is 1. The average Bonchev–Trinajstić information content (AvgIpc) is 3.78. The molecule has 5 aliphatic heterocycles. The normalized spacial score (nSPS) is 25.1. The van der Waals surface area contributed by atoms with E-state index in [1.54, 1.807) is 18.2 Å². The van der Waals surface area contributed by atoms with Gasteiger partial charge in [-0.3, -0.25) is 9.80 Å². The number of halogens is 3. The van der Waals surface area contributed by atoms with Gasteiger partial charge < -0.3 is 4.74 Å². The number of nitrogens with zero attached hydrogens (tertiary/aromatic N) is 6. The van der Waals surface area contributed by atoms with E-state index in [1.165, 1.54) is 13.2 Å². The Balaban J connectivity index is 1.22. The van der Waals surface area contributed by atoms with Gasteiger partial charge in [-0.05, 0) is 53.0 Å². The van der Waals surface area contributed by atoms with E-state index in [-0.39, 0.29) is 97.5 Å². The maximum atomic E-state index is 17.6. The Hall–Kier alpha value is -4.15. The van der Waals surface area contributed by atoms with Crippen molar-refractivity contribution >= 4 is 59.4 Å². The first kappa shape index (κ1) is 38.4. The Morgan fingerprint density at radius 1 is 1.09 bits per heavy atom. The molecule has 0 N–H and O–H groups in total. The number of benzene rings is 2. The summed E-state index contributed by atoms with van der Waals surface area (Å²) in [5.41, 5.74) is -1.11. The van der Waals surface area contributed by atoms with Gasteiger partial charge in [0.2, 0.25) is 0 Å². The molecule has 296 valence electrons. The second-order valence-corrected chi connectivity index (χ2v) is 17.6. The van der Waals surface area contributed by atoms with E-state index < -0.39 is 41.1 Å². The summed E-state index contributed by atoms with van der Waals surface area (Å²) >= 11 is 0.263. The van der Waals surface area contributed by atoms with Gasteiger partial charge in [-0.15, -0.1) is 0 Å². The third-order valence-electron chi connectivity index (χ3n) is 11.8. The van der Waals surface area contributed by atoms with Crippen molar-refractivity contribution in [2.75, 3.05) is 51.7 Å². The number of rotatable bonds is 7.